The maximum Gasteiger partial charge on any atom is 0.410 e. The largest absolute Gasteiger partial charge is 0.444 e. The molecule has 1 N–H and O–H groups in total. The first-order chi connectivity index (χ1) is 20.1. The molecule has 0 aromatic heterocycles. The van der Waals surface area contributed by atoms with Gasteiger partial charge in [-0.1, -0.05) is 24.8 Å². The molecular formula is C31H43N3O8. The van der Waals surface area contributed by atoms with E-state index in [1.54, 1.807) is 17.0 Å². The monoisotopic (exact) mass is 585 g/mol. The average molecular weight is 586 g/mol. The summed E-state index contributed by atoms with van der Waals surface area (Å²) >= 11 is 0. The summed E-state index contributed by atoms with van der Waals surface area (Å²) < 4.78 is 22.1. The van der Waals surface area contributed by atoms with Crippen molar-refractivity contribution in [2.45, 2.75) is 71.6 Å². The molecule has 1 aromatic carbocycles. The van der Waals surface area contributed by atoms with Crippen molar-refractivity contribution in [1.29, 1.82) is 0 Å². The van der Waals surface area contributed by atoms with Gasteiger partial charge in [0.05, 0.1) is 33.0 Å². The molecule has 2 heterocycles. The van der Waals surface area contributed by atoms with Gasteiger partial charge in [-0.15, -0.1) is 0 Å². The Morgan fingerprint density at radius 2 is 1.71 bits per heavy atom. The van der Waals surface area contributed by atoms with Crippen molar-refractivity contribution in [3.8, 4) is 11.8 Å². The second kappa shape index (κ2) is 16.2. The Hall–Kier alpha value is -3.46. The molecule has 1 fully saturated rings. The maximum absolute atomic E-state index is 13.0. The van der Waals surface area contributed by atoms with Crippen LogP contribution in [0.4, 0.5) is 4.79 Å². The molecule has 1 aromatic rings. The molecule has 3 rings (SSSR count). The quantitative estimate of drug-likeness (QED) is 0.201. The molecule has 11 nitrogen and oxygen atoms in total. The summed E-state index contributed by atoms with van der Waals surface area (Å²) in [6.45, 7) is 11.4. The molecule has 4 amide bonds. The van der Waals surface area contributed by atoms with Gasteiger partial charge in [-0.25, -0.2) is 4.79 Å². The molecule has 1 atom stereocenters. The van der Waals surface area contributed by atoms with Gasteiger partial charge >= 0.3 is 6.09 Å². The molecule has 42 heavy (non-hydrogen) atoms. The van der Waals surface area contributed by atoms with Gasteiger partial charge in [0.2, 0.25) is 11.8 Å². The fourth-order valence-corrected chi connectivity index (χ4v) is 4.53. The van der Waals surface area contributed by atoms with Gasteiger partial charge < -0.3 is 28.7 Å². The molecule has 0 aliphatic carbocycles. The Labute approximate surface area is 248 Å². The minimum Gasteiger partial charge on any atom is -0.444 e. The average Bonchev–Trinajstić information content (AvgIpc) is 3.26. The van der Waals surface area contributed by atoms with Gasteiger partial charge in [0.1, 0.15) is 11.6 Å². The summed E-state index contributed by atoms with van der Waals surface area (Å²) in [6, 6.07) is 4.65. The summed E-state index contributed by atoms with van der Waals surface area (Å²) in [5.41, 5.74) is 1.33. The minimum atomic E-state index is -0.681. The lowest BCUT2D eigenvalue weighted by molar-refractivity contribution is -0.136. The lowest BCUT2D eigenvalue weighted by Crippen LogP contribution is -2.52. The van der Waals surface area contributed by atoms with Crippen LogP contribution in [0.1, 0.15) is 74.9 Å². The van der Waals surface area contributed by atoms with E-state index >= 15 is 0 Å². The summed E-state index contributed by atoms with van der Waals surface area (Å²) in [5, 5.41) is 2.32. The summed E-state index contributed by atoms with van der Waals surface area (Å²) in [7, 11) is 0. The van der Waals surface area contributed by atoms with Gasteiger partial charge in [0, 0.05) is 50.2 Å². The van der Waals surface area contributed by atoms with Crippen LogP contribution in [-0.4, -0.2) is 98.0 Å². The predicted molar refractivity (Wildman–Crippen MR) is 155 cm³/mol. The molecule has 230 valence electrons. The zero-order valence-electron chi connectivity index (χ0n) is 25.2. The first-order valence-electron chi connectivity index (χ1n) is 14.6. The third-order valence-corrected chi connectivity index (χ3v) is 6.56. The van der Waals surface area contributed by atoms with Crippen molar-refractivity contribution >= 4 is 23.8 Å². The van der Waals surface area contributed by atoms with Crippen molar-refractivity contribution < 1.29 is 38.1 Å². The Morgan fingerprint density at radius 1 is 1.02 bits per heavy atom. The van der Waals surface area contributed by atoms with E-state index in [1.165, 1.54) is 4.90 Å². The van der Waals surface area contributed by atoms with Crippen LogP contribution in [-0.2, 0) is 35.1 Å². The molecule has 0 spiro atoms. The molecule has 2 aliphatic rings. The molecular weight excluding hydrogens is 542 g/mol. The number of fused-ring (bicyclic) bond motifs is 1. The van der Waals surface area contributed by atoms with Crippen molar-refractivity contribution in [3.63, 3.8) is 0 Å². The first-order valence-corrected chi connectivity index (χ1v) is 14.6. The summed E-state index contributed by atoms with van der Waals surface area (Å²) in [5.74, 6) is 5.24. The zero-order valence-corrected chi connectivity index (χ0v) is 25.2. The number of ether oxygens (including phenoxy) is 4. The lowest BCUT2D eigenvalue weighted by Gasteiger charge is -2.29. The highest BCUT2D eigenvalue weighted by Gasteiger charge is 2.39. The van der Waals surface area contributed by atoms with Crippen molar-refractivity contribution in [3.05, 3.63) is 34.9 Å². The van der Waals surface area contributed by atoms with Crippen LogP contribution in [0.2, 0.25) is 0 Å². The smallest absolute Gasteiger partial charge is 0.410 e. The lowest BCUT2D eigenvalue weighted by atomic mass is 10.0. The van der Waals surface area contributed by atoms with Crippen molar-refractivity contribution in [1.82, 2.24) is 15.1 Å². The molecule has 2 aliphatic heterocycles. The number of hydrogen-bond acceptors (Lipinski definition) is 8. The molecule has 0 bridgehead atoms. The first kappa shape index (κ1) is 33.0. The molecule has 0 saturated carbocycles. The standard InChI is InChI=1S/C31H43N3O8/c1-5-16-39-18-20-41-21-19-40-17-15-33(30(38)42-31(2,3)4)14-7-6-9-23-10-8-11-24-25(23)22-34(29(24)37)26-12-13-27(35)32-28(26)36/h8,10-11,26H,5,7,12-22H2,1-4H3,(H,32,35,36). The van der Waals surface area contributed by atoms with Crippen molar-refractivity contribution in [2.75, 3.05) is 52.7 Å². The maximum atomic E-state index is 13.0. The number of hydrogen-bond donors (Lipinski definition) is 1. The fourth-order valence-electron chi connectivity index (χ4n) is 4.53. The Morgan fingerprint density at radius 3 is 2.38 bits per heavy atom. The number of amides is 4. The minimum absolute atomic E-state index is 0.199. The number of carbonyl (C=O) groups is 4. The van der Waals surface area contributed by atoms with Gasteiger partial charge in [0.25, 0.3) is 5.91 Å². The van der Waals surface area contributed by atoms with Gasteiger partial charge in [-0.2, -0.15) is 0 Å². The third-order valence-electron chi connectivity index (χ3n) is 6.56. The van der Waals surface area contributed by atoms with E-state index in [1.807, 2.05) is 26.8 Å². The highest BCUT2D eigenvalue weighted by molar-refractivity contribution is 6.05. The van der Waals surface area contributed by atoms with Crippen LogP contribution in [0.5, 0.6) is 0 Å². The van der Waals surface area contributed by atoms with Crippen LogP contribution in [0.15, 0.2) is 18.2 Å². The highest BCUT2D eigenvalue weighted by Crippen LogP contribution is 2.29. The van der Waals surface area contributed by atoms with E-state index in [0.29, 0.717) is 70.1 Å². The SMILES string of the molecule is CCCOCCOCCOCCN(CCC#Cc1cccc2c1CN(C1CCC(=O)NC1=O)C2=O)C(=O)OC(C)(C)C. The molecule has 11 heteroatoms. The van der Waals surface area contributed by atoms with Gasteiger partial charge in [-0.3, -0.25) is 19.7 Å². The van der Waals surface area contributed by atoms with Crippen molar-refractivity contribution in [2.24, 2.45) is 0 Å². The number of rotatable bonds is 14. The predicted octanol–water partition coefficient (Wildman–Crippen LogP) is 2.89. The highest BCUT2D eigenvalue weighted by atomic mass is 16.6. The van der Waals surface area contributed by atoms with E-state index < -0.39 is 23.6 Å². The summed E-state index contributed by atoms with van der Waals surface area (Å²) in [4.78, 5) is 52.8. The van der Waals surface area contributed by atoms with Crippen LogP contribution in [0, 0.1) is 11.8 Å². The van der Waals surface area contributed by atoms with E-state index in [2.05, 4.69) is 24.1 Å². The fraction of sp³-hybridized carbons (Fsp3) is 0.613. The number of piperidine rings is 1. The zero-order chi connectivity index (χ0) is 30.5. The van der Waals surface area contributed by atoms with Gasteiger partial charge in [0.15, 0.2) is 0 Å². The van der Waals surface area contributed by atoms with Gasteiger partial charge in [-0.05, 0) is 51.3 Å². The number of imide groups is 1. The Kier molecular flexibility index (Phi) is 12.8. The number of carbonyl (C=O) groups excluding carboxylic acids is 4. The van der Waals surface area contributed by atoms with Crippen LogP contribution in [0.3, 0.4) is 0 Å². The number of nitrogens with one attached hydrogen (secondary N) is 1. The number of benzene rings is 1. The van der Waals surface area contributed by atoms with E-state index in [9.17, 15) is 19.2 Å². The van der Waals surface area contributed by atoms with Crippen LogP contribution < -0.4 is 5.32 Å². The molecule has 1 saturated heterocycles. The third kappa shape index (κ3) is 10.1. The Bertz CT molecular complexity index is 1170. The molecule has 1 unspecified atom stereocenters. The van der Waals surface area contributed by atoms with Crippen LogP contribution in [0.25, 0.3) is 0 Å². The van der Waals surface area contributed by atoms with E-state index in [0.717, 1.165) is 18.6 Å². The summed E-state index contributed by atoms with van der Waals surface area (Å²) in [6.07, 6.45) is 1.42. The number of nitrogens with zero attached hydrogens (tertiary/aromatic N) is 2. The molecule has 0 radical (unpaired) electrons. The second-order valence-electron chi connectivity index (χ2n) is 11.1. The normalized spacial score (nSPS) is 16.5. The van der Waals surface area contributed by atoms with Crippen LogP contribution >= 0.6 is 0 Å². The second-order valence-corrected chi connectivity index (χ2v) is 11.1. The van der Waals surface area contributed by atoms with E-state index in [4.69, 9.17) is 18.9 Å². The van der Waals surface area contributed by atoms with E-state index in [-0.39, 0.29) is 24.8 Å². The topological polar surface area (TPSA) is 124 Å². The Balaban J connectivity index is 1.53.